The summed E-state index contributed by atoms with van der Waals surface area (Å²) in [6, 6.07) is 5.23. The van der Waals surface area contributed by atoms with Crippen molar-refractivity contribution in [3.8, 4) is 0 Å². The smallest absolute Gasteiger partial charge is 0.124 e. The molecule has 0 spiro atoms. The van der Waals surface area contributed by atoms with E-state index in [0.717, 1.165) is 23.5 Å². The van der Waals surface area contributed by atoms with Gasteiger partial charge in [0.15, 0.2) is 0 Å². The molecular weight excluding hydrogens is 245 g/mol. The summed E-state index contributed by atoms with van der Waals surface area (Å²) in [4.78, 5) is 0. The first-order chi connectivity index (χ1) is 7.70. The van der Waals surface area contributed by atoms with Crippen LogP contribution in [0.1, 0.15) is 5.56 Å². The molecular formula is C12H15ClFNS. The van der Waals surface area contributed by atoms with E-state index in [1.165, 1.54) is 12.1 Å². The van der Waals surface area contributed by atoms with Crippen LogP contribution in [0, 0.1) is 11.7 Å². The maximum atomic E-state index is 12.9. The average molecular weight is 260 g/mol. The van der Waals surface area contributed by atoms with Gasteiger partial charge in [-0.05, 0) is 42.8 Å². The molecule has 2 unspecified atom stereocenters. The lowest BCUT2D eigenvalue weighted by Crippen LogP contribution is -2.33. The highest BCUT2D eigenvalue weighted by Crippen LogP contribution is 2.29. The van der Waals surface area contributed by atoms with Crippen LogP contribution in [-0.2, 0) is 6.42 Å². The van der Waals surface area contributed by atoms with Crippen LogP contribution in [0.25, 0.3) is 0 Å². The second kappa shape index (κ2) is 5.39. The fourth-order valence-electron chi connectivity index (χ4n) is 2.09. The van der Waals surface area contributed by atoms with Crippen LogP contribution in [0.5, 0.6) is 0 Å². The summed E-state index contributed by atoms with van der Waals surface area (Å²) in [5, 5.41) is 3.88. The van der Waals surface area contributed by atoms with Gasteiger partial charge in [0.2, 0.25) is 0 Å². The molecule has 1 nitrogen and oxygen atoms in total. The topological polar surface area (TPSA) is 12.0 Å². The maximum Gasteiger partial charge on any atom is 0.124 e. The molecule has 2 atom stereocenters. The first-order valence-corrected chi connectivity index (χ1v) is 6.93. The van der Waals surface area contributed by atoms with Crippen molar-refractivity contribution in [2.45, 2.75) is 12.5 Å². The average Bonchev–Trinajstić information content (AvgIpc) is 2.69. The zero-order valence-electron chi connectivity index (χ0n) is 9.17. The Balaban J connectivity index is 2.08. The quantitative estimate of drug-likeness (QED) is 0.896. The van der Waals surface area contributed by atoms with Gasteiger partial charge in [-0.2, -0.15) is 11.8 Å². The van der Waals surface area contributed by atoms with E-state index in [1.54, 1.807) is 6.07 Å². The van der Waals surface area contributed by atoms with Gasteiger partial charge in [-0.15, -0.1) is 0 Å². The summed E-state index contributed by atoms with van der Waals surface area (Å²) in [5.74, 6) is 2.64. The molecule has 0 bridgehead atoms. The third-order valence-electron chi connectivity index (χ3n) is 3.07. The Bertz CT molecular complexity index is 372. The van der Waals surface area contributed by atoms with Gasteiger partial charge in [-0.1, -0.05) is 17.7 Å². The lowest BCUT2D eigenvalue weighted by Gasteiger charge is -2.18. The molecule has 2 rings (SSSR count). The van der Waals surface area contributed by atoms with Gasteiger partial charge in [0.05, 0.1) is 0 Å². The Kier molecular flexibility index (Phi) is 4.11. The van der Waals surface area contributed by atoms with E-state index in [9.17, 15) is 4.39 Å². The normalized spacial score (nSPS) is 24.9. The molecule has 1 N–H and O–H groups in total. The fraction of sp³-hybridized carbons (Fsp3) is 0.500. The SMILES string of the molecule is CNC1CSCC1Cc1ccc(F)cc1Cl. The van der Waals surface area contributed by atoms with Gasteiger partial charge in [0.25, 0.3) is 0 Å². The van der Waals surface area contributed by atoms with Crippen LogP contribution in [0.15, 0.2) is 18.2 Å². The van der Waals surface area contributed by atoms with Crippen LogP contribution in [0.4, 0.5) is 4.39 Å². The molecule has 1 aromatic rings. The molecule has 4 heteroatoms. The first-order valence-electron chi connectivity index (χ1n) is 5.39. The number of thioether (sulfide) groups is 1. The molecule has 88 valence electrons. The van der Waals surface area contributed by atoms with Crippen LogP contribution in [0.2, 0.25) is 5.02 Å². The second-order valence-corrected chi connectivity index (χ2v) is 5.61. The van der Waals surface area contributed by atoms with E-state index < -0.39 is 0 Å². The molecule has 0 radical (unpaired) electrons. The minimum atomic E-state index is -0.264. The summed E-state index contributed by atoms with van der Waals surface area (Å²) >= 11 is 8.00. The number of rotatable bonds is 3. The highest BCUT2D eigenvalue weighted by atomic mass is 35.5. The van der Waals surface area contributed by atoms with Gasteiger partial charge in [-0.25, -0.2) is 4.39 Å². The van der Waals surface area contributed by atoms with Gasteiger partial charge in [-0.3, -0.25) is 0 Å². The standard InChI is InChI=1S/C12H15ClFNS/c1-15-12-7-16-6-9(12)4-8-2-3-10(14)5-11(8)13/h2-3,5,9,12,15H,4,6-7H2,1H3. The van der Waals surface area contributed by atoms with Gasteiger partial charge in [0, 0.05) is 16.8 Å². The number of halogens is 2. The van der Waals surface area contributed by atoms with Crippen molar-refractivity contribution in [3.05, 3.63) is 34.6 Å². The second-order valence-electron chi connectivity index (χ2n) is 4.13. The summed E-state index contributed by atoms with van der Waals surface area (Å²) in [5.41, 5.74) is 1.05. The predicted octanol–water partition coefficient (Wildman–Crippen LogP) is 2.97. The number of hydrogen-bond acceptors (Lipinski definition) is 2. The number of hydrogen-bond donors (Lipinski definition) is 1. The van der Waals surface area contributed by atoms with Crippen LogP contribution >= 0.6 is 23.4 Å². The molecule has 1 heterocycles. The number of nitrogens with one attached hydrogen (secondary N) is 1. The molecule has 1 aliphatic rings. The molecule has 1 saturated heterocycles. The largest absolute Gasteiger partial charge is 0.316 e. The molecule has 0 saturated carbocycles. The first kappa shape index (κ1) is 12.2. The van der Waals surface area contributed by atoms with Crippen LogP contribution in [0.3, 0.4) is 0 Å². The van der Waals surface area contributed by atoms with Crippen molar-refractivity contribution in [1.82, 2.24) is 5.32 Å². The molecule has 1 aliphatic heterocycles. The van der Waals surface area contributed by atoms with E-state index in [2.05, 4.69) is 5.32 Å². The summed E-state index contributed by atoms with van der Waals surface area (Å²) in [6.07, 6.45) is 0.928. The summed E-state index contributed by atoms with van der Waals surface area (Å²) in [7, 11) is 2.00. The molecule has 0 amide bonds. The van der Waals surface area contributed by atoms with Crippen LogP contribution in [-0.4, -0.2) is 24.6 Å². The maximum absolute atomic E-state index is 12.9. The molecule has 1 fully saturated rings. The van der Waals surface area contributed by atoms with Crippen molar-refractivity contribution in [2.24, 2.45) is 5.92 Å². The third kappa shape index (κ3) is 2.70. The van der Waals surface area contributed by atoms with E-state index in [4.69, 9.17) is 11.6 Å². The van der Waals surface area contributed by atoms with Gasteiger partial charge < -0.3 is 5.32 Å². The molecule has 1 aromatic carbocycles. The Morgan fingerprint density at radius 3 is 3.00 bits per heavy atom. The minimum Gasteiger partial charge on any atom is -0.316 e. The van der Waals surface area contributed by atoms with Crippen LogP contribution < -0.4 is 5.32 Å². The lowest BCUT2D eigenvalue weighted by atomic mass is 9.95. The Labute approximate surface area is 105 Å². The van der Waals surface area contributed by atoms with E-state index in [0.29, 0.717) is 17.0 Å². The van der Waals surface area contributed by atoms with Gasteiger partial charge >= 0.3 is 0 Å². The molecule has 0 aromatic heterocycles. The highest BCUT2D eigenvalue weighted by molar-refractivity contribution is 7.99. The minimum absolute atomic E-state index is 0.264. The van der Waals surface area contributed by atoms with Crippen molar-refractivity contribution in [1.29, 1.82) is 0 Å². The third-order valence-corrected chi connectivity index (χ3v) is 4.68. The molecule has 0 aliphatic carbocycles. The number of benzene rings is 1. The summed E-state index contributed by atoms with van der Waals surface area (Å²) in [6.45, 7) is 0. The highest BCUT2D eigenvalue weighted by Gasteiger charge is 2.26. The Morgan fingerprint density at radius 2 is 2.31 bits per heavy atom. The van der Waals surface area contributed by atoms with Crippen molar-refractivity contribution in [2.75, 3.05) is 18.6 Å². The fourth-order valence-corrected chi connectivity index (χ4v) is 3.81. The zero-order chi connectivity index (χ0) is 11.5. The van der Waals surface area contributed by atoms with E-state index in [-0.39, 0.29) is 5.82 Å². The van der Waals surface area contributed by atoms with E-state index in [1.807, 2.05) is 18.8 Å². The van der Waals surface area contributed by atoms with Crippen molar-refractivity contribution in [3.63, 3.8) is 0 Å². The zero-order valence-corrected chi connectivity index (χ0v) is 10.7. The lowest BCUT2D eigenvalue weighted by molar-refractivity contribution is 0.453. The Morgan fingerprint density at radius 1 is 1.50 bits per heavy atom. The van der Waals surface area contributed by atoms with E-state index >= 15 is 0 Å². The summed E-state index contributed by atoms with van der Waals surface area (Å²) < 4.78 is 12.9. The monoisotopic (exact) mass is 259 g/mol. The van der Waals surface area contributed by atoms with Crippen molar-refractivity contribution < 1.29 is 4.39 Å². The van der Waals surface area contributed by atoms with Crippen molar-refractivity contribution >= 4 is 23.4 Å². The Hall–Kier alpha value is -0.250. The predicted molar refractivity (Wildman–Crippen MR) is 68.8 cm³/mol. The molecule has 16 heavy (non-hydrogen) atoms. The van der Waals surface area contributed by atoms with Gasteiger partial charge in [0.1, 0.15) is 5.82 Å².